The van der Waals surface area contributed by atoms with Gasteiger partial charge in [-0.05, 0) is 62.1 Å². The minimum atomic E-state index is 0.131. The largest absolute Gasteiger partial charge is 0.472 e. The number of nitrogens with zero attached hydrogens (tertiary/aromatic N) is 3. The minimum Gasteiger partial charge on any atom is -0.472 e. The highest BCUT2D eigenvalue weighted by atomic mass is 16.5. The van der Waals surface area contributed by atoms with Crippen LogP contribution in [0.4, 0.5) is 5.82 Å². The zero-order valence-corrected chi connectivity index (χ0v) is 17.2. The van der Waals surface area contributed by atoms with Gasteiger partial charge >= 0.3 is 0 Å². The lowest BCUT2D eigenvalue weighted by molar-refractivity contribution is 0.290. The van der Waals surface area contributed by atoms with E-state index in [1.165, 1.54) is 11.1 Å². The Balaban J connectivity index is 1.38. The summed E-state index contributed by atoms with van der Waals surface area (Å²) in [5.74, 6) is 1.73. The van der Waals surface area contributed by atoms with Crippen LogP contribution in [0.15, 0.2) is 42.7 Å². The Kier molecular flexibility index (Phi) is 4.32. The second-order valence-electron chi connectivity index (χ2n) is 9.00. The van der Waals surface area contributed by atoms with Crippen molar-refractivity contribution in [2.75, 3.05) is 18.0 Å². The first kappa shape index (κ1) is 18.2. The van der Waals surface area contributed by atoms with Gasteiger partial charge < -0.3 is 15.0 Å². The second kappa shape index (κ2) is 6.88. The van der Waals surface area contributed by atoms with Gasteiger partial charge in [-0.1, -0.05) is 12.1 Å². The number of anilines is 1. The summed E-state index contributed by atoms with van der Waals surface area (Å²) < 4.78 is 6.05. The van der Waals surface area contributed by atoms with E-state index in [0.717, 1.165) is 47.9 Å². The molecule has 0 bridgehead atoms. The number of aromatic amines is 1. The standard InChI is InChI=1S/C23H27N5O/c1-23(2,3)27-18-8-9-28(13-18)21-7-6-20-19-5-4-15(17-11-24-25-12-17)10-16(19)14-29-22(20)26-21/h4-7,10-12,18,27H,8-9,13-14H2,1-3H3,(H,24,25)/t18-/m1/s1. The maximum absolute atomic E-state index is 6.05. The first-order valence-corrected chi connectivity index (χ1v) is 10.3. The molecule has 0 spiro atoms. The zero-order chi connectivity index (χ0) is 20.0. The number of hydrogen-bond donors (Lipinski definition) is 2. The molecule has 1 saturated heterocycles. The summed E-state index contributed by atoms with van der Waals surface area (Å²) in [6, 6.07) is 11.3. The van der Waals surface area contributed by atoms with Gasteiger partial charge in [0.05, 0.1) is 6.20 Å². The summed E-state index contributed by atoms with van der Waals surface area (Å²) in [5, 5.41) is 10.6. The molecule has 2 aliphatic heterocycles. The molecule has 1 atom stereocenters. The Morgan fingerprint density at radius 3 is 2.79 bits per heavy atom. The third-order valence-corrected chi connectivity index (χ3v) is 5.59. The van der Waals surface area contributed by atoms with Gasteiger partial charge in [0.1, 0.15) is 12.4 Å². The molecule has 29 heavy (non-hydrogen) atoms. The van der Waals surface area contributed by atoms with Crippen LogP contribution in [0.1, 0.15) is 32.8 Å². The Hall–Kier alpha value is -2.86. The van der Waals surface area contributed by atoms with Gasteiger partial charge in [0.15, 0.2) is 0 Å². The van der Waals surface area contributed by atoms with E-state index in [-0.39, 0.29) is 5.54 Å². The van der Waals surface area contributed by atoms with E-state index < -0.39 is 0 Å². The summed E-state index contributed by atoms with van der Waals surface area (Å²) >= 11 is 0. The van der Waals surface area contributed by atoms with Crippen molar-refractivity contribution in [1.29, 1.82) is 0 Å². The molecule has 1 fully saturated rings. The average molecular weight is 390 g/mol. The van der Waals surface area contributed by atoms with Crippen molar-refractivity contribution in [3.05, 3.63) is 48.3 Å². The number of H-pyrrole nitrogens is 1. The number of benzene rings is 1. The normalized spacial score (nSPS) is 18.3. The van der Waals surface area contributed by atoms with Crippen LogP contribution < -0.4 is 15.0 Å². The summed E-state index contributed by atoms with van der Waals surface area (Å²) in [7, 11) is 0. The highest BCUT2D eigenvalue weighted by molar-refractivity contribution is 5.78. The molecule has 0 aliphatic carbocycles. The lowest BCUT2D eigenvalue weighted by Gasteiger charge is -2.26. The first-order valence-electron chi connectivity index (χ1n) is 10.3. The van der Waals surface area contributed by atoms with E-state index in [4.69, 9.17) is 9.72 Å². The Morgan fingerprint density at radius 2 is 2.00 bits per heavy atom. The molecule has 2 N–H and O–H groups in total. The molecule has 6 nitrogen and oxygen atoms in total. The molecule has 4 heterocycles. The minimum absolute atomic E-state index is 0.131. The quantitative estimate of drug-likeness (QED) is 0.709. The third-order valence-electron chi connectivity index (χ3n) is 5.59. The van der Waals surface area contributed by atoms with E-state index in [2.05, 4.69) is 71.5 Å². The Morgan fingerprint density at radius 1 is 1.14 bits per heavy atom. The second-order valence-corrected chi connectivity index (χ2v) is 9.00. The molecule has 1 aromatic carbocycles. The lowest BCUT2D eigenvalue weighted by Crippen LogP contribution is -2.44. The molecule has 2 aromatic heterocycles. The molecule has 0 saturated carbocycles. The monoisotopic (exact) mass is 389 g/mol. The number of hydrogen-bond acceptors (Lipinski definition) is 5. The molecular formula is C23H27N5O. The highest BCUT2D eigenvalue weighted by Gasteiger charge is 2.28. The van der Waals surface area contributed by atoms with Crippen LogP contribution in [0.3, 0.4) is 0 Å². The fourth-order valence-electron chi connectivity index (χ4n) is 4.33. The summed E-state index contributed by atoms with van der Waals surface area (Å²) in [4.78, 5) is 7.21. The smallest absolute Gasteiger partial charge is 0.223 e. The van der Waals surface area contributed by atoms with Crippen LogP contribution in [0.5, 0.6) is 5.88 Å². The number of rotatable bonds is 3. The van der Waals surface area contributed by atoms with E-state index in [1.54, 1.807) is 0 Å². The third kappa shape index (κ3) is 3.60. The van der Waals surface area contributed by atoms with Gasteiger partial charge in [-0.15, -0.1) is 0 Å². The van der Waals surface area contributed by atoms with Gasteiger partial charge in [0.2, 0.25) is 5.88 Å². The summed E-state index contributed by atoms with van der Waals surface area (Å²) in [5.41, 5.74) is 5.81. The molecule has 5 rings (SSSR count). The fourth-order valence-corrected chi connectivity index (χ4v) is 4.33. The fraction of sp³-hybridized carbons (Fsp3) is 0.391. The summed E-state index contributed by atoms with van der Waals surface area (Å²) in [6.45, 7) is 9.19. The average Bonchev–Trinajstić information content (AvgIpc) is 3.38. The maximum Gasteiger partial charge on any atom is 0.223 e. The topological polar surface area (TPSA) is 66.1 Å². The van der Waals surface area contributed by atoms with E-state index >= 15 is 0 Å². The molecule has 150 valence electrons. The molecule has 2 aliphatic rings. The predicted octanol–water partition coefficient (Wildman–Crippen LogP) is 4.00. The van der Waals surface area contributed by atoms with Crippen LogP contribution >= 0.6 is 0 Å². The van der Waals surface area contributed by atoms with Gasteiger partial charge in [0, 0.05) is 42.0 Å². The van der Waals surface area contributed by atoms with Crippen LogP contribution in [-0.2, 0) is 6.61 Å². The number of nitrogens with one attached hydrogen (secondary N) is 2. The summed E-state index contributed by atoms with van der Waals surface area (Å²) in [6.07, 6.45) is 4.88. The van der Waals surface area contributed by atoms with E-state index in [1.807, 2.05) is 12.4 Å². The molecular weight excluding hydrogens is 362 g/mol. The molecule has 0 unspecified atom stereocenters. The number of ether oxygens (including phenoxy) is 1. The molecule has 0 amide bonds. The Labute approximate surface area is 171 Å². The van der Waals surface area contributed by atoms with Crippen molar-refractivity contribution in [2.24, 2.45) is 0 Å². The van der Waals surface area contributed by atoms with Crippen LogP contribution in [0, 0.1) is 0 Å². The maximum atomic E-state index is 6.05. The van der Waals surface area contributed by atoms with Gasteiger partial charge in [0.25, 0.3) is 0 Å². The molecule has 6 heteroatoms. The highest BCUT2D eigenvalue weighted by Crippen LogP contribution is 2.39. The van der Waals surface area contributed by atoms with Crippen molar-refractivity contribution in [3.8, 4) is 28.1 Å². The Bertz CT molecular complexity index is 1020. The molecule has 3 aromatic rings. The SMILES string of the molecule is CC(C)(C)N[C@@H]1CCN(c2ccc3c(n2)OCc2cc(-c4cn[nH]c4)ccc2-3)C1. The van der Waals surface area contributed by atoms with Crippen LogP contribution in [-0.4, -0.2) is 39.9 Å². The van der Waals surface area contributed by atoms with E-state index in [9.17, 15) is 0 Å². The lowest BCUT2D eigenvalue weighted by atomic mass is 9.95. The van der Waals surface area contributed by atoms with Gasteiger partial charge in [-0.3, -0.25) is 5.10 Å². The van der Waals surface area contributed by atoms with Crippen molar-refractivity contribution in [1.82, 2.24) is 20.5 Å². The number of fused-ring (bicyclic) bond motifs is 3. The number of pyridine rings is 1. The van der Waals surface area contributed by atoms with Gasteiger partial charge in [-0.25, -0.2) is 0 Å². The van der Waals surface area contributed by atoms with Crippen molar-refractivity contribution in [2.45, 2.75) is 45.4 Å². The van der Waals surface area contributed by atoms with Crippen molar-refractivity contribution >= 4 is 5.82 Å². The molecule has 0 radical (unpaired) electrons. The van der Waals surface area contributed by atoms with Crippen LogP contribution in [0.2, 0.25) is 0 Å². The first-order chi connectivity index (χ1) is 14.0. The van der Waals surface area contributed by atoms with E-state index in [0.29, 0.717) is 12.6 Å². The van der Waals surface area contributed by atoms with Gasteiger partial charge in [-0.2, -0.15) is 10.1 Å². The predicted molar refractivity (Wildman–Crippen MR) is 115 cm³/mol. The van der Waals surface area contributed by atoms with Crippen molar-refractivity contribution in [3.63, 3.8) is 0 Å². The van der Waals surface area contributed by atoms with Crippen LogP contribution in [0.25, 0.3) is 22.3 Å². The number of aromatic nitrogens is 3. The zero-order valence-electron chi connectivity index (χ0n) is 17.2. The van der Waals surface area contributed by atoms with Crippen molar-refractivity contribution < 1.29 is 4.74 Å².